The number of thiophene rings is 1. The van der Waals surface area contributed by atoms with E-state index in [0.29, 0.717) is 29.0 Å². The van der Waals surface area contributed by atoms with Crippen LogP contribution in [0.3, 0.4) is 0 Å². The highest BCUT2D eigenvalue weighted by atomic mass is 79.9. The Labute approximate surface area is 159 Å². The van der Waals surface area contributed by atoms with Crippen LogP contribution in [-0.4, -0.2) is 27.5 Å². The third-order valence-electron chi connectivity index (χ3n) is 3.16. The van der Waals surface area contributed by atoms with Gasteiger partial charge in [0, 0.05) is 11.0 Å². The molecule has 0 N–H and O–H groups in total. The molecule has 24 heavy (non-hydrogen) atoms. The number of hydrogen-bond acceptors (Lipinski definition) is 6. The zero-order valence-corrected chi connectivity index (χ0v) is 16.6. The largest absolute Gasteiger partial charge is 0.459 e. The smallest absolute Gasteiger partial charge is 0.283 e. The van der Waals surface area contributed by atoms with E-state index in [9.17, 15) is 4.79 Å². The summed E-state index contributed by atoms with van der Waals surface area (Å²) in [4.78, 5) is 15.1. The van der Waals surface area contributed by atoms with E-state index in [1.165, 1.54) is 11.3 Å². The third kappa shape index (κ3) is 3.79. The fourth-order valence-electron chi connectivity index (χ4n) is 2.11. The lowest BCUT2D eigenvalue weighted by Crippen LogP contribution is -2.30. The molecule has 0 saturated carbocycles. The highest BCUT2D eigenvalue weighted by Gasteiger charge is 2.21. The number of hydrogen-bond donors (Lipinski definition) is 0. The quantitative estimate of drug-likeness (QED) is 0.504. The van der Waals surface area contributed by atoms with E-state index in [1.54, 1.807) is 23.3 Å². The Morgan fingerprint density at radius 2 is 2.21 bits per heavy atom. The lowest BCUT2D eigenvalue weighted by atomic mass is 10.3. The maximum Gasteiger partial charge on any atom is 0.283 e. The third-order valence-corrected chi connectivity index (χ3v) is 6.41. The zero-order chi connectivity index (χ0) is 17.1. The maximum atomic E-state index is 12.7. The number of halogens is 2. The molecule has 3 rings (SSSR count). The molecule has 0 unspecified atom stereocenters. The molecule has 0 aromatic carbocycles. The minimum atomic E-state index is -0.0639. The van der Waals surface area contributed by atoms with Crippen molar-refractivity contribution in [2.24, 2.45) is 0 Å². The number of furan rings is 1. The van der Waals surface area contributed by atoms with Gasteiger partial charge in [-0.25, -0.2) is 0 Å². The molecule has 0 aliphatic heterocycles. The summed E-state index contributed by atoms with van der Waals surface area (Å²) in [5.74, 6) is 1.12. The van der Waals surface area contributed by atoms with Crippen LogP contribution in [0.4, 0.5) is 0 Å². The summed E-state index contributed by atoms with van der Waals surface area (Å²) >= 11 is 8.21. The second kappa shape index (κ2) is 7.62. The number of rotatable bonds is 6. The molecule has 0 saturated heterocycles. The summed E-state index contributed by atoms with van der Waals surface area (Å²) in [6.07, 6.45) is 2.37. The fraction of sp³-hybridized carbons (Fsp3) is 0.267. The topological polar surface area (TPSA) is 72.4 Å². The molecule has 3 aromatic rings. The molecule has 0 bridgehead atoms. The van der Waals surface area contributed by atoms with Gasteiger partial charge in [0.2, 0.25) is 5.89 Å². The second-order valence-corrected chi connectivity index (χ2v) is 8.16. The standard InChI is InChI=1S/C15H13Br2N3O3S/c1-2-5-20(15(21)11-7-9(16)13(17)24-11)8-12-18-19-14(23-12)10-4-3-6-22-10/h3-4,6-7H,2,5,8H2,1H3. The second-order valence-electron chi connectivity index (χ2n) is 4.94. The molecule has 0 spiro atoms. The Morgan fingerprint density at radius 1 is 1.38 bits per heavy atom. The van der Waals surface area contributed by atoms with Gasteiger partial charge in [0.15, 0.2) is 5.76 Å². The van der Waals surface area contributed by atoms with Crippen LogP contribution >= 0.6 is 43.2 Å². The Morgan fingerprint density at radius 3 is 2.83 bits per heavy atom. The molecule has 126 valence electrons. The van der Waals surface area contributed by atoms with Crippen molar-refractivity contribution in [3.8, 4) is 11.7 Å². The Bertz CT molecular complexity index is 810. The first kappa shape index (κ1) is 17.4. The van der Waals surface area contributed by atoms with Crippen LogP contribution in [0.1, 0.15) is 28.9 Å². The summed E-state index contributed by atoms with van der Waals surface area (Å²) in [5.41, 5.74) is 0. The average molecular weight is 475 g/mol. The summed E-state index contributed by atoms with van der Waals surface area (Å²) in [5, 5.41) is 7.97. The van der Waals surface area contributed by atoms with E-state index >= 15 is 0 Å². The molecule has 9 heteroatoms. The molecule has 0 atom stereocenters. The van der Waals surface area contributed by atoms with Crippen molar-refractivity contribution in [1.29, 1.82) is 0 Å². The van der Waals surface area contributed by atoms with Gasteiger partial charge in [-0.3, -0.25) is 4.79 Å². The summed E-state index contributed by atoms with van der Waals surface area (Å²) in [6.45, 7) is 2.88. The van der Waals surface area contributed by atoms with Crippen molar-refractivity contribution < 1.29 is 13.6 Å². The summed E-state index contributed by atoms with van der Waals surface area (Å²) in [6, 6.07) is 5.30. The van der Waals surface area contributed by atoms with E-state index < -0.39 is 0 Å². The molecule has 3 aromatic heterocycles. The van der Waals surface area contributed by atoms with Crippen molar-refractivity contribution >= 4 is 49.1 Å². The normalized spacial score (nSPS) is 11.0. The number of amides is 1. The summed E-state index contributed by atoms with van der Waals surface area (Å²) in [7, 11) is 0. The predicted molar refractivity (Wildman–Crippen MR) is 96.8 cm³/mol. The van der Waals surface area contributed by atoms with Gasteiger partial charge in [-0.15, -0.1) is 21.5 Å². The predicted octanol–water partition coefficient (Wildman–Crippen LogP) is 4.97. The van der Waals surface area contributed by atoms with Crippen LogP contribution in [0.5, 0.6) is 0 Å². The van der Waals surface area contributed by atoms with Crippen molar-refractivity contribution in [3.05, 3.63) is 43.5 Å². The molecule has 0 radical (unpaired) electrons. The van der Waals surface area contributed by atoms with E-state index in [1.807, 2.05) is 13.0 Å². The Balaban J connectivity index is 1.77. The number of carbonyl (C=O) groups is 1. The van der Waals surface area contributed by atoms with E-state index in [-0.39, 0.29) is 12.5 Å². The van der Waals surface area contributed by atoms with Gasteiger partial charge < -0.3 is 13.7 Å². The summed E-state index contributed by atoms with van der Waals surface area (Å²) < 4.78 is 12.6. The average Bonchev–Trinajstić information content (AvgIpc) is 3.28. The van der Waals surface area contributed by atoms with Gasteiger partial charge in [0.1, 0.15) is 0 Å². The Hall–Kier alpha value is -1.45. The van der Waals surface area contributed by atoms with Gasteiger partial charge >= 0.3 is 0 Å². The molecular formula is C15H13Br2N3O3S. The van der Waals surface area contributed by atoms with Crippen molar-refractivity contribution in [2.75, 3.05) is 6.54 Å². The van der Waals surface area contributed by atoms with Crippen molar-refractivity contribution in [3.63, 3.8) is 0 Å². The molecule has 1 amide bonds. The first-order valence-corrected chi connectivity index (χ1v) is 9.59. The van der Waals surface area contributed by atoms with Gasteiger partial charge in [-0.1, -0.05) is 6.92 Å². The molecule has 0 fully saturated rings. The van der Waals surface area contributed by atoms with Crippen LogP contribution in [0.2, 0.25) is 0 Å². The van der Waals surface area contributed by atoms with E-state index in [0.717, 1.165) is 14.7 Å². The minimum Gasteiger partial charge on any atom is -0.459 e. The maximum absolute atomic E-state index is 12.7. The minimum absolute atomic E-state index is 0.0639. The number of nitrogens with zero attached hydrogens (tertiary/aromatic N) is 3. The zero-order valence-electron chi connectivity index (χ0n) is 12.7. The van der Waals surface area contributed by atoms with Crippen LogP contribution in [0.15, 0.2) is 41.6 Å². The molecule has 6 nitrogen and oxygen atoms in total. The molecular weight excluding hydrogens is 462 g/mol. The molecule has 0 aliphatic carbocycles. The van der Waals surface area contributed by atoms with Crippen LogP contribution in [-0.2, 0) is 6.54 Å². The van der Waals surface area contributed by atoms with Gasteiger partial charge in [-0.05, 0) is 56.5 Å². The molecule has 3 heterocycles. The first-order chi connectivity index (χ1) is 11.6. The van der Waals surface area contributed by atoms with Gasteiger partial charge in [0.25, 0.3) is 11.8 Å². The highest BCUT2D eigenvalue weighted by Crippen LogP contribution is 2.33. The monoisotopic (exact) mass is 473 g/mol. The van der Waals surface area contributed by atoms with Gasteiger partial charge in [-0.2, -0.15) is 0 Å². The highest BCUT2D eigenvalue weighted by molar-refractivity contribution is 9.13. The van der Waals surface area contributed by atoms with E-state index in [4.69, 9.17) is 8.83 Å². The lowest BCUT2D eigenvalue weighted by Gasteiger charge is -2.19. The van der Waals surface area contributed by atoms with Gasteiger partial charge in [0.05, 0.1) is 21.5 Å². The van der Waals surface area contributed by atoms with Crippen LogP contribution in [0, 0.1) is 0 Å². The number of aromatic nitrogens is 2. The fourth-order valence-corrected chi connectivity index (χ4v) is 4.11. The molecule has 0 aliphatic rings. The lowest BCUT2D eigenvalue weighted by molar-refractivity contribution is 0.0733. The first-order valence-electron chi connectivity index (χ1n) is 7.19. The SMILES string of the molecule is CCCN(Cc1nnc(-c2ccco2)o1)C(=O)c1cc(Br)c(Br)s1. The van der Waals surface area contributed by atoms with E-state index in [2.05, 4.69) is 42.1 Å². The van der Waals surface area contributed by atoms with Crippen LogP contribution < -0.4 is 0 Å². The number of carbonyl (C=O) groups excluding carboxylic acids is 1. The van der Waals surface area contributed by atoms with Crippen molar-refractivity contribution in [2.45, 2.75) is 19.9 Å². The van der Waals surface area contributed by atoms with Crippen molar-refractivity contribution in [1.82, 2.24) is 15.1 Å². The van der Waals surface area contributed by atoms with Crippen LogP contribution in [0.25, 0.3) is 11.7 Å². The Kier molecular flexibility index (Phi) is 5.52.